The second kappa shape index (κ2) is 11.7. The summed E-state index contributed by atoms with van der Waals surface area (Å²) in [6.45, 7) is 2.28. The van der Waals surface area contributed by atoms with Gasteiger partial charge in [-0.2, -0.15) is 0 Å². The van der Waals surface area contributed by atoms with Crippen molar-refractivity contribution in [3.63, 3.8) is 0 Å². The fraction of sp³-hybridized carbons (Fsp3) is 0.259. The third-order valence-corrected chi connectivity index (χ3v) is 5.36. The largest absolute Gasteiger partial charge is 0.496 e. The second-order valence-electron chi connectivity index (χ2n) is 7.68. The fourth-order valence-electron chi connectivity index (χ4n) is 3.59. The summed E-state index contributed by atoms with van der Waals surface area (Å²) in [5.74, 6) is 0.630. The Balaban J connectivity index is 1.85. The van der Waals surface area contributed by atoms with Crippen molar-refractivity contribution < 1.29 is 23.8 Å². The zero-order valence-corrected chi connectivity index (χ0v) is 19.2. The predicted molar refractivity (Wildman–Crippen MR) is 126 cm³/mol. The summed E-state index contributed by atoms with van der Waals surface area (Å²) in [5.41, 5.74) is 2.56. The number of para-hydroxylation sites is 1. The zero-order valence-electron chi connectivity index (χ0n) is 19.2. The van der Waals surface area contributed by atoms with Crippen LogP contribution in [0.4, 0.5) is 0 Å². The first-order valence-electron chi connectivity index (χ1n) is 10.8. The number of amides is 1. The Morgan fingerprint density at radius 1 is 0.909 bits per heavy atom. The van der Waals surface area contributed by atoms with Gasteiger partial charge in [-0.05, 0) is 48.7 Å². The molecule has 172 valence electrons. The lowest BCUT2D eigenvalue weighted by Crippen LogP contribution is -2.39. The van der Waals surface area contributed by atoms with E-state index in [0.717, 1.165) is 16.9 Å². The van der Waals surface area contributed by atoms with Gasteiger partial charge in [0.05, 0.1) is 14.2 Å². The van der Waals surface area contributed by atoms with Gasteiger partial charge in [-0.25, -0.2) is 4.79 Å². The first-order valence-corrected chi connectivity index (χ1v) is 10.8. The van der Waals surface area contributed by atoms with Crippen LogP contribution in [0.1, 0.15) is 28.4 Å². The highest BCUT2D eigenvalue weighted by Gasteiger charge is 2.23. The Morgan fingerprint density at radius 2 is 1.64 bits per heavy atom. The molecule has 3 rings (SSSR count). The van der Waals surface area contributed by atoms with E-state index in [4.69, 9.17) is 9.47 Å². The van der Waals surface area contributed by atoms with Gasteiger partial charge >= 0.3 is 5.97 Å². The summed E-state index contributed by atoms with van der Waals surface area (Å²) in [6.07, 6.45) is 0.640. The van der Waals surface area contributed by atoms with Crippen molar-refractivity contribution in [3.8, 4) is 11.5 Å². The third kappa shape index (κ3) is 6.59. The van der Waals surface area contributed by atoms with Crippen molar-refractivity contribution in [2.45, 2.75) is 25.9 Å². The topological polar surface area (TPSA) is 65.1 Å². The minimum Gasteiger partial charge on any atom is -0.496 e. The maximum atomic E-state index is 13.6. The minimum atomic E-state index is -0.483. The lowest BCUT2D eigenvalue weighted by atomic mass is 10.0. The summed E-state index contributed by atoms with van der Waals surface area (Å²) in [7, 11) is 2.95. The molecule has 33 heavy (non-hydrogen) atoms. The number of hydrogen-bond acceptors (Lipinski definition) is 5. The van der Waals surface area contributed by atoms with E-state index in [1.165, 1.54) is 7.11 Å². The highest BCUT2D eigenvalue weighted by Crippen LogP contribution is 2.23. The number of ether oxygens (including phenoxy) is 3. The first-order chi connectivity index (χ1) is 16.0. The third-order valence-electron chi connectivity index (χ3n) is 5.36. The van der Waals surface area contributed by atoms with E-state index >= 15 is 0 Å². The molecule has 0 fully saturated rings. The molecular weight excluding hydrogens is 418 g/mol. The SMILES string of the molecule is COC(=O)COc1cccc(C(=O)N(Cc2ccccc2)C(C)Cc2ccccc2OC)c1. The Hall–Kier alpha value is -3.80. The van der Waals surface area contributed by atoms with Gasteiger partial charge in [-0.1, -0.05) is 54.6 Å². The Kier molecular flexibility index (Phi) is 8.47. The minimum absolute atomic E-state index is 0.103. The summed E-state index contributed by atoms with van der Waals surface area (Å²) < 4.78 is 15.6. The van der Waals surface area contributed by atoms with Crippen LogP contribution >= 0.6 is 0 Å². The standard InChI is InChI=1S/C27H29NO5/c1-20(16-22-12-7-8-15-25(22)31-2)28(18-21-10-5-4-6-11-21)27(30)23-13-9-14-24(17-23)33-19-26(29)32-3/h4-15,17,20H,16,18-19H2,1-3H3. The molecule has 0 bridgehead atoms. The lowest BCUT2D eigenvalue weighted by molar-refractivity contribution is -0.142. The molecule has 0 aliphatic heterocycles. The van der Waals surface area contributed by atoms with E-state index < -0.39 is 5.97 Å². The Morgan fingerprint density at radius 3 is 2.36 bits per heavy atom. The normalized spacial score (nSPS) is 11.4. The number of carbonyl (C=O) groups is 2. The lowest BCUT2D eigenvalue weighted by Gasteiger charge is -2.30. The highest BCUT2D eigenvalue weighted by atomic mass is 16.6. The number of nitrogens with zero attached hydrogens (tertiary/aromatic N) is 1. The molecule has 1 unspecified atom stereocenters. The number of hydrogen-bond donors (Lipinski definition) is 0. The smallest absolute Gasteiger partial charge is 0.343 e. The molecule has 0 heterocycles. The Bertz CT molecular complexity index is 1070. The molecule has 1 amide bonds. The van der Waals surface area contributed by atoms with Crippen molar-refractivity contribution in [2.75, 3.05) is 20.8 Å². The molecule has 0 aliphatic rings. The maximum absolute atomic E-state index is 13.6. The van der Waals surface area contributed by atoms with Gasteiger partial charge in [-0.3, -0.25) is 4.79 Å². The molecule has 0 N–H and O–H groups in total. The summed E-state index contributed by atoms with van der Waals surface area (Å²) in [5, 5.41) is 0. The molecule has 6 nitrogen and oxygen atoms in total. The van der Waals surface area contributed by atoms with Crippen LogP contribution in [0, 0.1) is 0 Å². The van der Waals surface area contributed by atoms with Crippen LogP contribution in [0.5, 0.6) is 11.5 Å². The van der Waals surface area contributed by atoms with E-state index in [0.29, 0.717) is 24.3 Å². The van der Waals surface area contributed by atoms with Crippen molar-refractivity contribution in [2.24, 2.45) is 0 Å². The van der Waals surface area contributed by atoms with Gasteiger partial charge in [0.15, 0.2) is 6.61 Å². The van der Waals surface area contributed by atoms with E-state index in [2.05, 4.69) is 4.74 Å². The van der Waals surface area contributed by atoms with Crippen LogP contribution in [0.15, 0.2) is 78.9 Å². The van der Waals surface area contributed by atoms with E-state index in [1.54, 1.807) is 31.4 Å². The average molecular weight is 448 g/mol. The molecule has 0 aromatic heterocycles. The molecule has 0 aliphatic carbocycles. The van der Waals surface area contributed by atoms with Crippen molar-refractivity contribution in [1.29, 1.82) is 0 Å². The number of carbonyl (C=O) groups excluding carboxylic acids is 2. The van der Waals surface area contributed by atoms with Gasteiger partial charge in [0.25, 0.3) is 5.91 Å². The summed E-state index contributed by atoms with van der Waals surface area (Å²) in [4.78, 5) is 26.9. The molecule has 3 aromatic rings. The van der Waals surface area contributed by atoms with E-state index in [9.17, 15) is 9.59 Å². The predicted octanol–water partition coefficient (Wildman–Crippen LogP) is 4.52. The Labute approximate surface area is 194 Å². The molecule has 3 aromatic carbocycles. The van der Waals surface area contributed by atoms with Gasteiger partial charge < -0.3 is 19.1 Å². The van der Waals surface area contributed by atoms with Gasteiger partial charge in [0.2, 0.25) is 0 Å². The molecule has 0 saturated carbocycles. The first kappa shape index (κ1) is 23.9. The van der Waals surface area contributed by atoms with Gasteiger partial charge in [0, 0.05) is 18.2 Å². The number of esters is 1. The van der Waals surface area contributed by atoms with E-state index in [-0.39, 0.29) is 18.6 Å². The number of rotatable bonds is 10. The van der Waals surface area contributed by atoms with Crippen LogP contribution in [-0.4, -0.2) is 43.6 Å². The number of methoxy groups -OCH3 is 2. The second-order valence-corrected chi connectivity index (χ2v) is 7.68. The van der Waals surface area contributed by atoms with Crippen LogP contribution < -0.4 is 9.47 Å². The molecule has 0 saturated heterocycles. The quantitative estimate of drug-likeness (QED) is 0.428. The van der Waals surface area contributed by atoms with Gasteiger partial charge in [0.1, 0.15) is 11.5 Å². The molecule has 0 spiro atoms. The summed E-state index contributed by atoms with van der Waals surface area (Å²) >= 11 is 0. The van der Waals surface area contributed by atoms with Crippen LogP contribution in [0.2, 0.25) is 0 Å². The molecular formula is C27H29NO5. The van der Waals surface area contributed by atoms with Crippen molar-refractivity contribution in [3.05, 3.63) is 95.6 Å². The highest BCUT2D eigenvalue weighted by molar-refractivity contribution is 5.94. The molecule has 0 radical (unpaired) electrons. The number of benzene rings is 3. The zero-order chi connectivity index (χ0) is 23.6. The monoisotopic (exact) mass is 447 g/mol. The summed E-state index contributed by atoms with van der Waals surface area (Å²) in [6, 6.07) is 24.5. The van der Waals surface area contributed by atoms with E-state index in [1.807, 2.05) is 66.4 Å². The van der Waals surface area contributed by atoms with Crippen LogP contribution in [-0.2, 0) is 22.5 Å². The van der Waals surface area contributed by atoms with Crippen LogP contribution in [0.25, 0.3) is 0 Å². The van der Waals surface area contributed by atoms with Crippen molar-refractivity contribution in [1.82, 2.24) is 4.90 Å². The average Bonchev–Trinajstić information content (AvgIpc) is 2.86. The molecule has 1 atom stereocenters. The molecule has 6 heteroatoms. The van der Waals surface area contributed by atoms with Crippen LogP contribution in [0.3, 0.4) is 0 Å². The van der Waals surface area contributed by atoms with Crippen molar-refractivity contribution >= 4 is 11.9 Å². The fourth-order valence-corrected chi connectivity index (χ4v) is 3.59. The van der Waals surface area contributed by atoms with Gasteiger partial charge in [-0.15, -0.1) is 0 Å². The maximum Gasteiger partial charge on any atom is 0.343 e.